The van der Waals surface area contributed by atoms with Gasteiger partial charge in [0.05, 0.1) is 30.4 Å². The largest absolute Gasteiger partial charge is 0.371 e. The van der Waals surface area contributed by atoms with E-state index in [0.717, 1.165) is 24.8 Å². The molecule has 6 nitrogen and oxygen atoms in total. The summed E-state index contributed by atoms with van der Waals surface area (Å²) in [7, 11) is -3.66. The fraction of sp³-hybridized carbons (Fsp3) is 0.552. The number of likely N-dealkylation sites (tertiary alicyclic amines) is 1. The van der Waals surface area contributed by atoms with E-state index < -0.39 is 15.9 Å². The summed E-state index contributed by atoms with van der Waals surface area (Å²) < 4.78 is 34.8. The maximum Gasteiger partial charge on any atom is 0.243 e. The Morgan fingerprint density at radius 1 is 1.00 bits per heavy atom. The number of sulfonamides is 1. The normalized spacial score (nSPS) is 34.2. The second kappa shape index (κ2) is 8.67. The van der Waals surface area contributed by atoms with Gasteiger partial charge in [-0.05, 0) is 41.7 Å². The lowest BCUT2D eigenvalue weighted by Gasteiger charge is -2.37. The third kappa shape index (κ3) is 3.74. The minimum Gasteiger partial charge on any atom is -0.371 e. The molecular formula is C29H36N2O4S. The van der Waals surface area contributed by atoms with E-state index in [-0.39, 0.29) is 34.6 Å². The lowest BCUT2D eigenvalue weighted by Crippen LogP contribution is -2.48. The Balaban J connectivity index is 1.27. The molecule has 2 saturated carbocycles. The Kier molecular flexibility index (Phi) is 5.82. The molecule has 6 rings (SSSR count). The number of benzene rings is 2. The number of rotatable bonds is 6. The molecule has 2 aliphatic heterocycles. The molecule has 1 amide bonds. The number of hydrogen-bond donors (Lipinski definition) is 0. The van der Waals surface area contributed by atoms with Gasteiger partial charge < -0.3 is 4.74 Å². The van der Waals surface area contributed by atoms with Gasteiger partial charge in [0.1, 0.15) is 0 Å². The lowest BCUT2D eigenvalue weighted by molar-refractivity contribution is -0.137. The topological polar surface area (TPSA) is 66.9 Å². The average molecular weight is 509 g/mol. The van der Waals surface area contributed by atoms with Crippen LogP contribution in [0.2, 0.25) is 0 Å². The third-order valence-electron chi connectivity index (χ3n) is 9.84. The molecule has 7 heteroatoms. The quantitative estimate of drug-likeness (QED) is 0.589. The fourth-order valence-corrected chi connectivity index (χ4v) is 10.3. The highest BCUT2D eigenvalue weighted by molar-refractivity contribution is 7.90. The first kappa shape index (κ1) is 24.1. The van der Waals surface area contributed by atoms with Crippen molar-refractivity contribution in [2.45, 2.75) is 58.4 Å². The van der Waals surface area contributed by atoms with E-state index in [1.54, 1.807) is 0 Å². The summed E-state index contributed by atoms with van der Waals surface area (Å²) in [5.74, 6) is -0.161. The molecule has 4 aliphatic rings. The Morgan fingerprint density at radius 3 is 2.33 bits per heavy atom. The van der Waals surface area contributed by atoms with Crippen molar-refractivity contribution in [1.82, 2.24) is 9.21 Å². The van der Waals surface area contributed by atoms with Crippen LogP contribution in [0.15, 0.2) is 60.7 Å². The summed E-state index contributed by atoms with van der Waals surface area (Å²) in [4.78, 5) is 16.4. The molecular weight excluding hydrogens is 472 g/mol. The molecule has 4 unspecified atom stereocenters. The average Bonchev–Trinajstić information content (AvgIpc) is 3.50. The van der Waals surface area contributed by atoms with Crippen LogP contribution in [0.5, 0.6) is 0 Å². The summed E-state index contributed by atoms with van der Waals surface area (Å²) in [6, 6.07) is 19.9. The summed E-state index contributed by atoms with van der Waals surface area (Å²) >= 11 is 0. The molecule has 2 saturated heterocycles. The van der Waals surface area contributed by atoms with Crippen molar-refractivity contribution in [3.8, 4) is 0 Å². The van der Waals surface area contributed by atoms with Crippen LogP contribution in [-0.4, -0.2) is 54.5 Å². The van der Waals surface area contributed by atoms with Gasteiger partial charge in [0.15, 0.2) is 0 Å². The number of amides is 1. The van der Waals surface area contributed by atoms with E-state index in [2.05, 4.69) is 30.9 Å². The molecule has 1 spiro atoms. The third-order valence-corrected chi connectivity index (χ3v) is 11.8. The summed E-state index contributed by atoms with van der Waals surface area (Å²) in [6.45, 7) is 6.67. The van der Waals surface area contributed by atoms with Crippen LogP contribution < -0.4 is 0 Å². The predicted octanol–water partition coefficient (Wildman–Crippen LogP) is 4.07. The number of ether oxygens (including phenoxy) is 1. The highest BCUT2D eigenvalue weighted by atomic mass is 32.2. The maximum absolute atomic E-state index is 14.1. The first-order chi connectivity index (χ1) is 17.2. The molecule has 192 valence electrons. The second-order valence-electron chi connectivity index (χ2n) is 11.9. The zero-order valence-electron chi connectivity index (χ0n) is 21.2. The van der Waals surface area contributed by atoms with Gasteiger partial charge in [-0.2, -0.15) is 0 Å². The van der Waals surface area contributed by atoms with Crippen LogP contribution in [0.3, 0.4) is 0 Å². The summed E-state index contributed by atoms with van der Waals surface area (Å²) in [6.07, 6.45) is 2.42. The standard InChI is InChI=1S/C29H36N2O4S/c1-28(2)23-13-14-29(28)20-36(33,34)31(26(29)15-23)27(32)24-17-30(16-21-9-5-3-6-10-21)18-25(24)35-19-22-11-7-4-8-12-22/h3-12,23-26H,13-20H2,1-2H3/t23?,24?,25-,26?,29?/m0/s1. The Morgan fingerprint density at radius 2 is 1.67 bits per heavy atom. The van der Waals surface area contributed by atoms with Crippen LogP contribution in [0.4, 0.5) is 0 Å². The Bertz CT molecular complexity index is 1230. The van der Waals surface area contributed by atoms with Crippen molar-refractivity contribution in [3.63, 3.8) is 0 Å². The van der Waals surface area contributed by atoms with Crippen LogP contribution in [0.25, 0.3) is 0 Å². The molecule has 0 aromatic heterocycles. The first-order valence-corrected chi connectivity index (χ1v) is 14.8. The smallest absolute Gasteiger partial charge is 0.243 e. The van der Waals surface area contributed by atoms with E-state index in [4.69, 9.17) is 4.74 Å². The number of carbonyl (C=O) groups excluding carboxylic acids is 1. The van der Waals surface area contributed by atoms with Crippen LogP contribution in [-0.2, 0) is 32.7 Å². The van der Waals surface area contributed by atoms with Crippen molar-refractivity contribution >= 4 is 15.9 Å². The summed E-state index contributed by atoms with van der Waals surface area (Å²) in [5, 5.41) is 0. The Labute approximate surface area is 214 Å². The molecule has 2 heterocycles. The molecule has 2 aliphatic carbocycles. The molecule has 0 radical (unpaired) electrons. The predicted molar refractivity (Wildman–Crippen MR) is 138 cm³/mol. The molecule has 36 heavy (non-hydrogen) atoms. The van der Waals surface area contributed by atoms with Gasteiger partial charge in [0, 0.05) is 25.0 Å². The monoisotopic (exact) mass is 508 g/mol. The van der Waals surface area contributed by atoms with Gasteiger partial charge >= 0.3 is 0 Å². The van der Waals surface area contributed by atoms with Gasteiger partial charge in [0.2, 0.25) is 15.9 Å². The molecule has 5 atom stereocenters. The maximum atomic E-state index is 14.1. The van der Waals surface area contributed by atoms with Crippen LogP contribution in [0.1, 0.15) is 44.2 Å². The highest BCUT2D eigenvalue weighted by Crippen LogP contribution is 2.70. The van der Waals surface area contributed by atoms with Crippen molar-refractivity contribution in [2.75, 3.05) is 18.8 Å². The van der Waals surface area contributed by atoms with Gasteiger partial charge in [0.25, 0.3) is 0 Å². The van der Waals surface area contributed by atoms with E-state index >= 15 is 0 Å². The molecule has 4 fully saturated rings. The molecule has 2 bridgehead atoms. The molecule has 2 aromatic rings. The Hall–Kier alpha value is -2.22. The van der Waals surface area contributed by atoms with Crippen LogP contribution in [0, 0.1) is 22.7 Å². The van der Waals surface area contributed by atoms with Crippen molar-refractivity contribution in [3.05, 3.63) is 71.8 Å². The van der Waals surface area contributed by atoms with E-state index in [0.29, 0.717) is 32.2 Å². The lowest BCUT2D eigenvalue weighted by atomic mass is 9.69. The van der Waals surface area contributed by atoms with E-state index in [9.17, 15) is 13.2 Å². The van der Waals surface area contributed by atoms with Crippen molar-refractivity contribution in [1.29, 1.82) is 0 Å². The van der Waals surface area contributed by atoms with E-state index in [1.165, 1.54) is 9.87 Å². The molecule has 2 aromatic carbocycles. The number of fused-ring (bicyclic) bond motifs is 1. The number of nitrogens with zero attached hydrogens (tertiary/aromatic N) is 2. The zero-order valence-corrected chi connectivity index (χ0v) is 22.0. The van der Waals surface area contributed by atoms with Crippen LogP contribution >= 0.6 is 0 Å². The minimum atomic E-state index is -3.66. The summed E-state index contributed by atoms with van der Waals surface area (Å²) in [5.41, 5.74) is 1.86. The van der Waals surface area contributed by atoms with Gasteiger partial charge in [-0.25, -0.2) is 12.7 Å². The highest BCUT2D eigenvalue weighted by Gasteiger charge is 2.72. The van der Waals surface area contributed by atoms with Crippen molar-refractivity contribution < 1.29 is 17.9 Å². The number of hydrogen-bond acceptors (Lipinski definition) is 5. The van der Waals surface area contributed by atoms with E-state index in [1.807, 2.05) is 48.5 Å². The number of carbonyl (C=O) groups is 1. The van der Waals surface area contributed by atoms with Gasteiger partial charge in [-0.3, -0.25) is 9.69 Å². The first-order valence-electron chi connectivity index (χ1n) is 13.2. The second-order valence-corrected chi connectivity index (χ2v) is 13.7. The minimum absolute atomic E-state index is 0.0575. The van der Waals surface area contributed by atoms with Gasteiger partial charge in [-0.15, -0.1) is 0 Å². The zero-order chi connectivity index (χ0) is 25.1. The van der Waals surface area contributed by atoms with Gasteiger partial charge in [-0.1, -0.05) is 74.5 Å². The fourth-order valence-electron chi connectivity index (χ4n) is 7.75. The SMILES string of the molecule is CC1(C)C2CCC13CS(=O)(=O)N(C(=O)C1CN(Cc4ccccc4)C[C@@H]1OCc1ccccc1)C3C2. The molecule has 0 N–H and O–H groups in total. The van der Waals surface area contributed by atoms with Crippen molar-refractivity contribution in [2.24, 2.45) is 22.7 Å².